The Hall–Kier alpha value is -1.45. The zero-order valence-electron chi connectivity index (χ0n) is 15.0. The van der Waals surface area contributed by atoms with E-state index in [0.29, 0.717) is 30.0 Å². The summed E-state index contributed by atoms with van der Waals surface area (Å²) in [5, 5.41) is 0. The molecular formula is C17H24N2O5S2. The van der Waals surface area contributed by atoms with E-state index in [-0.39, 0.29) is 30.5 Å². The molecule has 1 aromatic rings. The molecule has 0 bridgehead atoms. The standard InChI is InChI=1S/C17H24N2O5S2/c1-13-3-4-14(2)16(11-13)26(23,24)19-8-6-18(7-9-19)17(20)15-5-10-25(21,22)12-15/h3-4,11,15H,5-10,12H2,1-2H3/t15-/m1/s1. The largest absolute Gasteiger partial charge is 0.340 e. The molecule has 1 aromatic carbocycles. The average Bonchev–Trinajstić information content (AvgIpc) is 2.96. The fourth-order valence-electron chi connectivity index (χ4n) is 3.52. The Morgan fingerprint density at radius 3 is 2.35 bits per heavy atom. The Kier molecular flexibility index (Phi) is 5.15. The molecule has 0 saturated carbocycles. The zero-order chi connectivity index (χ0) is 19.1. The van der Waals surface area contributed by atoms with Crippen LogP contribution in [0.2, 0.25) is 0 Å². The van der Waals surface area contributed by atoms with Crippen molar-refractivity contribution in [2.45, 2.75) is 25.2 Å². The molecule has 2 heterocycles. The Labute approximate surface area is 155 Å². The van der Waals surface area contributed by atoms with Gasteiger partial charge in [0.25, 0.3) is 0 Å². The topological polar surface area (TPSA) is 91.8 Å². The average molecular weight is 401 g/mol. The van der Waals surface area contributed by atoms with Crippen molar-refractivity contribution in [2.24, 2.45) is 5.92 Å². The van der Waals surface area contributed by atoms with Gasteiger partial charge in [0.15, 0.2) is 9.84 Å². The minimum Gasteiger partial charge on any atom is -0.340 e. The maximum Gasteiger partial charge on any atom is 0.243 e. The van der Waals surface area contributed by atoms with Crippen LogP contribution in [0.15, 0.2) is 23.1 Å². The van der Waals surface area contributed by atoms with Gasteiger partial charge < -0.3 is 4.90 Å². The molecule has 2 saturated heterocycles. The second-order valence-electron chi connectivity index (χ2n) is 7.10. The molecule has 26 heavy (non-hydrogen) atoms. The Bertz CT molecular complexity index is 916. The molecule has 3 rings (SSSR count). The van der Waals surface area contributed by atoms with Gasteiger partial charge in [-0.1, -0.05) is 12.1 Å². The highest BCUT2D eigenvalue weighted by atomic mass is 32.2. The number of carbonyl (C=O) groups excluding carboxylic acids is 1. The first-order valence-electron chi connectivity index (χ1n) is 8.67. The quantitative estimate of drug-likeness (QED) is 0.740. The van der Waals surface area contributed by atoms with E-state index in [1.165, 1.54) is 4.31 Å². The van der Waals surface area contributed by atoms with Crippen LogP contribution in [0.1, 0.15) is 17.5 Å². The van der Waals surface area contributed by atoms with E-state index in [0.717, 1.165) is 5.56 Å². The number of benzene rings is 1. The first kappa shape index (κ1) is 19.3. The molecule has 1 atom stereocenters. The van der Waals surface area contributed by atoms with Gasteiger partial charge in [-0.25, -0.2) is 16.8 Å². The number of amides is 1. The predicted octanol–water partition coefficient (Wildman–Crippen LogP) is 0.571. The van der Waals surface area contributed by atoms with Gasteiger partial charge in [0, 0.05) is 26.2 Å². The molecule has 2 fully saturated rings. The number of sulfonamides is 1. The third kappa shape index (κ3) is 3.79. The predicted molar refractivity (Wildman–Crippen MR) is 98.0 cm³/mol. The minimum atomic E-state index is -3.60. The Balaban J connectivity index is 1.68. The maximum atomic E-state index is 12.9. The minimum absolute atomic E-state index is 0.0599. The third-order valence-electron chi connectivity index (χ3n) is 5.09. The van der Waals surface area contributed by atoms with Gasteiger partial charge in [-0.15, -0.1) is 0 Å². The summed E-state index contributed by atoms with van der Waals surface area (Å²) in [7, 11) is -6.71. The summed E-state index contributed by atoms with van der Waals surface area (Å²) in [6.07, 6.45) is 0.363. The van der Waals surface area contributed by atoms with E-state index >= 15 is 0 Å². The van der Waals surface area contributed by atoms with E-state index in [1.54, 1.807) is 24.0 Å². The molecule has 0 spiro atoms. The molecular weight excluding hydrogens is 376 g/mol. The number of aryl methyl sites for hydroxylation is 2. The number of rotatable bonds is 3. The normalized spacial score (nSPS) is 23.9. The first-order chi connectivity index (χ1) is 12.1. The highest BCUT2D eigenvalue weighted by Crippen LogP contribution is 2.24. The summed E-state index contributed by atoms with van der Waals surface area (Å²) in [4.78, 5) is 14.4. The highest BCUT2D eigenvalue weighted by molar-refractivity contribution is 7.91. The van der Waals surface area contributed by atoms with E-state index in [2.05, 4.69) is 0 Å². The van der Waals surface area contributed by atoms with Crippen LogP contribution in [-0.4, -0.2) is 69.6 Å². The van der Waals surface area contributed by atoms with Crippen molar-refractivity contribution < 1.29 is 21.6 Å². The van der Waals surface area contributed by atoms with Crippen LogP contribution in [0.5, 0.6) is 0 Å². The zero-order valence-corrected chi connectivity index (χ0v) is 16.6. The smallest absolute Gasteiger partial charge is 0.243 e. The lowest BCUT2D eigenvalue weighted by Gasteiger charge is -2.35. The van der Waals surface area contributed by atoms with Crippen molar-refractivity contribution in [3.8, 4) is 0 Å². The van der Waals surface area contributed by atoms with Gasteiger partial charge >= 0.3 is 0 Å². The van der Waals surface area contributed by atoms with Crippen LogP contribution in [0, 0.1) is 19.8 Å². The lowest BCUT2D eigenvalue weighted by Crippen LogP contribution is -2.52. The van der Waals surface area contributed by atoms with Crippen LogP contribution >= 0.6 is 0 Å². The lowest BCUT2D eigenvalue weighted by atomic mass is 10.1. The van der Waals surface area contributed by atoms with Crippen molar-refractivity contribution in [1.29, 1.82) is 0 Å². The van der Waals surface area contributed by atoms with Crippen molar-refractivity contribution >= 4 is 25.8 Å². The van der Waals surface area contributed by atoms with Crippen LogP contribution in [0.4, 0.5) is 0 Å². The number of piperazine rings is 1. The summed E-state index contributed by atoms with van der Waals surface area (Å²) >= 11 is 0. The molecule has 2 aliphatic heterocycles. The van der Waals surface area contributed by atoms with Gasteiger partial charge in [-0.2, -0.15) is 4.31 Å². The van der Waals surface area contributed by atoms with Gasteiger partial charge in [0.2, 0.25) is 15.9 Å². The van der Waals surface area contributed by atoms with Crippen molar-refractivity contribution in [2.75, 3.05) is 37.7 Å². The van der Waals surface area contributed by atoms with Crippen LogP contribution < -0.4 is 0 Å². The lowest BCUT2D eigenvalue weighted by molar-refractivity contribution is -0.135. The number of sulfone groups is 1. The van der Waals surface area contributed by atoms with Crippen molar-refractivity contribution in [3.63, 3.8) is 0 Å². The van der Waals surface area contributed by atoms with E-state index < -0.39 is 25.8 Å². The molecule has 144 valence electrons. The van der Waals surface area contributed by atoms with E-state index in [4.69, 9.17) is 0 Å². The molecule has 0 unspecified atom stereocenters. The van der Waals surface area contributed by atoms with E-state index in [1.807, 2.05) is 13.0 Å². The fourth-order valence-corrected chi connectivity index (χ4v) is 6.99. The summed E-state index contributed by atoms with van der Waals surface area (Å²) in [6, 6.07) is 5.34. The highest BCUT2D eigenvalue weighted by Gasteiger charge is 2.37. The Morgan fingerprint density at radius 1 is 1.12 bits per heavy atom. The molecule has 0 radical (unpaired) electrons. The molecule has 2 aliphatic rings. The molecule has 0 aliphatic carbocycles. The Morgan fingerprint density at radius 2 is 1.77 bits per heavy atom. The SMILES string of the molecule is Cc1ccc(C)c(S(=O)(=O)N2CCN(C(=O)[C@@H]3CCS(=O)(=O)C3)CC2)c1. The maximum absolute atomic E-state index is 12.9. The van der Waals surface area contributed by atoms with Gasteiger partial charge in [-0.3, -0.25) is 4.79 Å². The van der Waals surface area contributed by atoms with Crippen molar-refractivity contribution in [1.82, 2.24) is 9.21 Å². The molecule has 0 N–H and O–H groups in total. The molecule has 1 amide bonds. The van der Waals surface area contributed by atoms with Crippen LogP contribution in [0.25, 0.3) is 0 Å². The third-order valence-corrected chi connectivity index (χ3v) is 8.90. The number of hydrogen-bond donors (Lipinski definition) is 0. The molecule has 0 aromatic heterocycles. The molecule has 7 nitrogen and oxygen atoms in total. The summed E-state index contributed by atoms with van der Waals surface area (Å²) in [5.74, 6) is -0.686. The van der Waals surface area contributed by atoms with Crippen LogP contribution in [0.3, 0.4) is 0 Å². The van der Waals surface area contributed by atoms with Gasteiger partial charge in [0.1, 0.15) is 0 Å². The number of nitrogens with zero attached hydrogens (tertiary/aromatic N) is 2. The summed E-state index contributed by atoms with van der Waals surface area (Å²) in [6.45, 7) is 4.65. The second kappa shape index (κ2) is 6.94. The van der Waals surface area contributed by atoms with Gasteiger partial charge in [0.05, 0.1) is 22.3 Å². The summed E-state index contributed by atoms with van der Waals surface area (Å²) < 4.78 is 50.4. The van der Waals surface area contributed by atoms with Gasteiger partial charge in [-0.05, 0) is 37.5 Å². The monoisotopic (exact) mass is 400 g/mol. The number of carbonyl (C=O) groups is 1. The molecule has 9 heteroatoms. The second-order valence-corrected chi connectivity index (χ2v) is 11.2. The van der Waals surface area contributed by atoms with Crippen LogP contribution in [-0.2, 0) is 24.7 Å². The van der Waals surface area contributed by atoms with E-state index in [9.17, 15) is 21.6 Å². The fraction of sp³-hybridized carbons (Fsp3) is 0.588. The summed E-state index contributed by atoms with van der Waals surface area (Å²) in [5.41, 5.74) is 1.58. The number of hydrogen-bond acceptors (Lipinski definition) is 5. The van der Waals surface area contributed by atoms with Crippen molar-refractivity contribution in [3.05, 3.63) is 29.3 Å². The first-order valence-corrected chi connectivity index (χ1v) is 11.9.